The van der Waals surface area contributed by atoms with Crippen LogP contribution >= 0.6 is 0 Å². The molecule has 124 valence electrons. The lowest BCUT2D eigenvalue weighted by molar-refractivity contribution is 0.126. The van der Waals surface area contributed by atoms with Crippen LogP contribution in [0, 0.1) is 6.92 Å². The van der Waals surface area contributed by atoms with Gasteiger partial charge in [0.05, 0.1) is 12.2 Å². The van der Waals surface area contributed by atoms with Gasteiger partial charge in [0.25, 0.3) is 0 Å². The monoisotopic (exact) mass is 310 g/mol. The summed E-state index contributed by atoms with van der Waals surface area (Å²) >= 11 is 0. The van der Waals surface area contributed by atoms with Gasteiger partial charge in [-0.3, -0.25) is 4.90 Å². The van der Waals surface area contributed by atoms with Crippen LogP contribution in [0.2, 0.25) is 0 Å². The Kier molecular flexibility index (Phi) is 6.21. The minimum atomic E-state index is -0.0133. The van der Waals surface area contributed by atoms with Crippen molar-refractivity contribution in [3.05, 3.63) is 17.5 Å². The van der Waals surface area contributed by atoms with Gasteiger partial charge in [-0.1, -0.05) is 5.16 Å². The molecule has 1 aliphatic rings. The van der Waals surface area contributed by atoms with E-state index in [1.807, 2.05) is 24.8 Å². The highest BCUT2D eigenvalue weighted by Gasteiger charge is 2.22. The summed E-state index contributed by atoms with van der Waals surface area (Å²) in [6.45, 7) is 7.88. The number of nitrogens with zero attached hydrogens (tertiary/aromatic N) is 3. The van der Waals surface area contributed by atoms with E-state index in [0.29, 0.717) is 19.5 Å². The van der Waals surface area contributed by atoms with Crippen molar-refractivity contribution in [2.24, 2.45) is 0 Å². The number of amides is 2. The summed E-state index contributed by atoms with van der Waals surface area (Å²) < 4.78 is 5.23. The second kappa shape index (κ2) is 8.14. The highest BCUT2D eigenvalue weighted by atomic mass is 16.5. The Labute approximate surface area is 131 Å². The van der Waals surface area contributed by atoms with Gasteiger partial charge in [0.1, 0.15) is 0 Å². The van der Waals surface area contributed by atoms with E-state index in [1.165, 1.54) is 0 Å². The Bertz CT molecular complexity index is 469. The van der Waals surface area contributed by atoms with Crippen molar-refractivity contribution in [1.29, 1.82) is 0 Å². The van der Waals surface area contributed by atoms with Gasteiger partial charge in [-0.25, -0.2) is 4.79 Å². The molecule has 0 aromatic carbocycles. The van der Waals surface area contributed by atoms with E-state index >= 15 is 0 Å². The molecule has 0 bridgehead atoms. The maximum Gasteiger partial charge on any atom is 0.317 e. The average molecular weight is 310 g/mol. The third kappa shape index (κ3) is 4.99. The van der Waals surface area contributed by atoms with Crippen molar-refractivity contribution in [3.8, 4) is 0 Å². The number of rotatable bonds is 6. The third-order valence-corrected chi connectivity index (χ3v) is 3.88. The first-order chi connectivity index (χ1) is 10.6. The number of hydrogen-bond acceptors (Lipinski definition) is 5. The molecule has 7 heteroatoms. The van der Waals surface area contributed by atoms with E-state index in [1.54, 1.807) is 0 Å². The van der Waals surface area contributed by atoms with Gasteiger partial charge in [0, 0.05) is 44.9 Å². The van der Waals surface area contributed by atoms with Gasteiger partial charge < -0.3 is 19.8 Å². The normalized spacial score (nSPS) is 17.5. The van der Waals surface area contributed by atoms with E-state index in [9.17, 15) is 4.79 Å². The predicted molar refractivity (Wildman–Crippen MR) is 82.4 cm³/mol. The fraction of sp³-hybridized carbons (Fsp3) is 0.733. The fourth-order valence-corrected chi connectivity index (χ4v) is 2.59. The molecule has 0 aliphatic carbocycles. The number of carbonyl (C=O) groups excluding carboxylic acids is 1. The first-order valence-electron chi connectivity index (χ1n) is 7.89. The zero-order valence-corrected chi connectivity index (χ0v) is 13.4. The van der Waals surface area contributed by atoms with Crippen molar-refractivity contribution in [3.63, 3.8) is 0 Å². The van der Waals surface area contributed by atoms with E-state index < -0.39 is 0 Å². The lowest BCUT2D eigenvalue weighted by Crippen LogP contribution is -2.52. The number of aliphatic hydroxyl groups is 1. The molecular weight excluding hydrogens is 284 g/mol. The molecule has 2 N–H and O–H groups in total. The maximum atomic E-state index is 12.1. The molecule has 1 aliphatic heterocycles. The quantitative estimate of drug-likeness (QED) is 0.818. The van der Waals surface area contributed by atoms with Crippen molar-refractivity contribution in [1.82, 2.24) is 20.3 Å². The van der Waals surface area contributed by atoms with Gasteiger partial charge in [0.15, 0.2) is 5.76 Å². The van der Waals surface area contributed by atoms with E-state index in [4.69, 9.17) is 9.63 Å². The highest BCUT2D eigenvalue weighted by molar-refractivity contribution is 5.74. The molecule has 1 unspecified atom stereocenters. The summed E-state index contributed by atoms with van der Waals surface area (Å²) in [6, 6.07) is 2.03. The lowest BCUT2D eigenvalue weighted by Gasteiger charge is -2.34. The molecule has 2 rings (SSSR count). The zero-order chi connectivity index (χ0) is 15.9. The minimum absolute atomic E-state index is 0.0133. The molecule has 0 radical (unpaired) electrons. The maximum absolute atomic E-state index is 12.1. The van der Waals surface area contributed by atoms with Gasteiger partial charge >= 0.3 is 6.03 Å². The molecule has 1 saturated heterocycles. The summed E-state index contributed by atoms with van der Waals surface area (Å²) in [6.07, 6.45) is 1.51. The number of nitrogens with one attached hydrogen (secondary N) is 1. The van der Waals surface area contributed by atoms with E-state index in [-0.39, 0.29) is 18.7 Å². The number of hydrogen-bond donors (Lipinski definition) is 2. The van der Waals surface area contributed by atoms with Crippen LogP contribution in [0.25, 0.3) is 0 Å². The molecule has 2 heterocycles. The van der Waals surface area contributed by atoms with Crippen molar-refractivity contribution in [2.75, 3.05) is 32.8 Å². The molecule has 1 aromatic heterocycles. The SMILES string of the molecule is Cc1cc(CN2CCN(C(=O)NC(C)CCCO)CC2)on1. The Morgan fingerprint density at radius 1 is 1.45 bits per heavy atom. The highest BCUT2D eigenvalue weighted by Crippen LogP contribution is 2.10. The molecule has 22 heavy (non-hydrogen) atoms. The van der Waals surface area contributed by atoms with Crippen molar-refractivity contribution < 1.29 is 14.4 Å². The second-order valence-corrected chi connectivity index (χ2v) is 5.91. The molecule has 0 saturated carbocycles. The van der Waals surface area contributed by atoms with Crippen LogP contribution in [0.5, 0.6) is 0 Å². The average Bonchev–Trinajstić information content (AvgIpc) is 2.91. The first kappa shape index (κ1) is 16.8. The largest absolute Gasteiger partial charge is 0.396 e. The van der Waals surface area contributed by atoms with Crippen LogP contribution in [0.15, 0.2) is 10.6 Å². The van der Waals surface area contributed by atoms with Crippen LogP contribution in [-0.2, 0) is 6.54 Å². The van der Waals surface area contributed by atoms with E-state index in [0.717, 1.165) is 37.5 Å². The van der Waals surface area contributed by atoms with Crippen LogP contribution in [0.4, 0.5) is 4.79 Å². The zero-order valence-electron chi connectivity index (χ0n) is 13.4. The van der Waals surface area contributed by atoms with Gasteiger partial charge in [-0.05, 0) is 26.7 Å². The number of piperazine rings is 1. The molecule has 1 fully saturated rings. The van der Waals surface area contributed by atoms with Crippen LogP contribution in [0.1, 0.15) is 31.2 Å². The summed E-state index contributed by atoms with van der Waals surface area (Å²) in [4.78, 5) is 16.3. The number of aryl methyl sites for hydroxylation is 1. The topological polar surface area (TPSA) is 81.8 Å². The molecule has 0 spiro atoms. The first-order valence-corrected chi connectivity index (χ1v) is 7.89. The predicted octanol–water partition coefficient (Wildman–Crippen LogP) is 0.971. The molecule has 1 atom stereocenters. The second-order valence-electron chi connectivity index (χ2n) is 5.91. The minimum Gasteiger partial charge on any atom is -0.396 e. The summed E-state index contributed by atoms with van der Waals surface area (Å²) in [7, 11) is 0. The fourth-order valence-electron chi connectivity index (χ4n) is 2.59. The number of aromatic nitrogens is 1. The standard InChI is InChI=1S/C15H26N4O3/c1-12(4-3-9-20)16-15(21)19-7-5-18(6-8-19)11-14-10-13(2)17-22-14/h10,12,20H,3-9,11H2,1-2H3,(H,16,21). The summed E-state index contributed by atoms with van der Waals surface area (Å²) in [5, 5.41) is 15.7. The van der Waals surface area contributed by atoms with Crippen LogP contribution in [-0.4, -0.2) is 64.9 Å². The molecule has 7 nitrogen and oxygen atoms in total. The smallest absolute Gasteiger partial charge is 0.317 e. The number of aliphatic hydroxyl groups excluding tert-OH is 1. The Balaban J connectivity index is 1.71. The van der Waals surface area contributed by atoms with Gasteiger partial charge in [-0.2, -0.15) is 0 Å². The molecule has 2 amide bonds. The Hall–Kier alpha value is -1.60. The van der Waals surface area contributed by atoms with E-state index in [2.05, 4.69) is 15.4 Å². The van der Waals surface area contributed by atoms with Gasteiger partial charge in [0.2, 0.25) is 0 Å². The van der Waals surface area contributed by atoms with Gasteiger partial charge in [-0.15, -0.1) is 0 Å². The summed E-state index contributed by atoms with van der Waals surface area (Å²) in [5.41, 5.74) is 0.893. The Morgan fingerprint density at radius 3 is 2.77 bits per heavy atom. The lowest BCUT2D eigenvalue weighted by atomic mass is 10.2. The van der Waals surface area contributed by atoms with Crippen LogP contribution < -0.4 is 5.32 Å². The summed E-state index contributed by atoms with van der Waals surface area (Å²) in [5.74, 6) is 0.869. The van der Waals surface area contributed by atoms with Crippen molar-refractivity contribution >= 4 is 6.03 Å². The number of carbonyl (C=O) groups is 1. The third-order valence-electron chi connectivity index (χ3n) is 3.88. The number of urea groups is 1. The van der Waals surface area contributed by atoms with Crippen molar-refractivity contribution in [2.45, 2.75) is 39.3 Å². The Morgan fingerprint density at radius 2 is 2.18 bits per heavy atom. The van der Waals surface area contributed by atoms with Crippen LogP contribution in [0.3, 0.4) is 0 Å². The molecule has 1 aromatic rings. The molecular formula is C15H26N4O3.